The Morgan fingerprint density at radius 1 is 1.14 bits per heavy atom. The minimum atomic E-state index is 0.254. The van der Waals surface area contributed by atoms with E-state index in [0.717, 1.165) is 32.5 Å². The highest BCUT2D eigenvalue weighted by atomic mass is 16.3. The van der Waals surface area contributed by atoms with Crippen LogP contribution in [0.5, 0.6) is 0 Å². The summed E-state index contributed by atoms with van der Waals surface area (Å²) in [5.41, 5.74) is 0. The fourth-order valence-corrected chi connectivity index (χ4v) is 3.02. The molecule has 1 atom stereocenters. The van der Waals surface area contributed by atoms with E-state index >= 15 is 0 Å². The summed E-state index contributed by atoms with van der Waals surface area (Å²) in [6.45, 7) is 5.91. The molecule has 1 unspecified atom stereocenters. The Labute approximate surface area is 135 Å². The van der Waals surface area contributed by atoms with Crippen molar-refractivity contribution in [2.75, 3.05) is 61.0 Å². The van der Waals surface area contributed by atoms with Crippen LogP contribution in [-0.2, 0) is 0 Å². The zero-order chi connectivity index (χ0) is 16.7. The molecule has 0 spiro atoms. The average Bonchev–Trinajstić information content (AvgIpc) is 2.50. The van der Waals surface area contributed by atoms with Gasteiger partial charge in [-0.2, -0.15) is 0 Å². The first kappa shape index (κ1) is 18.9. The fourth-order valence-electron chi connectivity index (χ4n) is 3.02. The molecule has 0 bridgehead atoms. The molecule has 0 saturated heterocycles. The van der Waals surface area contributed by atoms with Crippen LogP contribution in [0.1, 0.15) is 26.2 Å². The topological polar surface area (TPSA) is 53.0 Å². The van der Waals surface area contributed by atoms with Crippen LogP contribution in [0, 0.1) is 0 Å². The summed E-state index contributed by atoms with van der Waals surface area (Å²) in [7, 11) is 8.28. The summed E-state index contributed by atoms with van der Waals surface area (Å²) in [5, 5.41) is 17.8. The molecule has 0 amide bonds. The van der Waals surface area contributed by atoms with Crippen LogP contribution in [0.2, 0.25) is 0 Å². The maximum atomic E-state index is 8.99. The summed E-state index contributed by atoms with van der Waals surface area (Å²) < 4.78 is 4.44. The molecule has 0 radical (unpaired) electrons. The first-order valence-corrected chi connectivity index (χ1v) is 8.19. The molecule has 2 rings (SSSR count). The van der Waals surface area contributed by atoms with Crippen molar-refractivity contribution < 1.29 is 19.4 Å². The maximum Gasteiger partial charge on any atom is 0.248 e. The molecule has 0 fully saturated rings. The molecule has 0 aromatic rings. The summed E-state index contributed by atoms with van der Waals surface area (Å²) in [4.78, 5) is 4.36. The minimum absolute atomic E-state index is 0.254. The highest BCUT2D eigenvalue weighted by molar-refractivity contribution is 5.77. The van der Waals surface area contributed by atoms with Crippen molar-refractivity contribution in [1.29, 1.82) is 0 Å². The average molecular weight is 314 g/mol. The Hall–Kier alpha value is -1.14. The van der Waals surface area contributed by atoms with Gasteiger partial charge in [-0.1, -0.05) is 0 Å². The van der Waals surface area contributed by atoms with Gasteiger partial charge < -0.3 is 10.2 Å². The van der Waals surface area contributed by atoms with E-state index in [1.807, 2.05) is 7.05 Å². The Morgan fingerprint density at radius 3 is 2.36 bits per heavy atom. The van der Waals surface area contributed by atoms with Crippen molar-refractivity contribution in [1.82, 2.24) is 9.80 Å². The highest BCUT2D eigenvalue weighted by Gasteiger charge is 2.27. The number of amidine groups is 2. The first-order valence-electron chi connectivity index (χ1n) is 8.19. The highest BCUT2D eigenvalue weighted by Crippen LogP contribution is 2.07. The molecule has 0 aliphatic carbocycles. The van der Waals surface area contributed by atoms with Crippen LogP contribution in [0.15, 0.2) is 0 Å². The van der Waals surface area contributed by atoms with E-state index in [4.69, 9.17) is 10.2 Å². The lowest BCUT2D eigenvalue weighted by Crippen LogP contribution is -2.47. The second kappa shape index (κ2) is 9.10. The number of aliphatic hydroxyl groups is 2. The minimum Gasteiger partial charge on any atom is -0.396 e. The number of likely N-dealkylation sites (N-methyl/N-ethyl adjacent to an activating group) is 1. The van der Waals surface area contributed by atoms with E-state index in [1.165, 1.54) is 18.1 Å². The molecular formula is C16H34N4O2+2. The van der Waals surface area contributed by atoms with Gasteiger partial charge in [0.25, 0.3) is 0 Å². The number of aliphatic hydroxyl groups excluding tert-OH is 2. The van der Waals surface area contributed by atoms with Crippen molar-refractivity contribution in [3.63, 3.8) is 0 Å². The lowest BCUT2D eigenvalue weighted by atomic mass is 10.1. The number of hydrogen-bond acceptors (Lipinski definition) is 4. The van der Waals surface area contributed by atoms with Gasteiger partial charge in [0, 0.05) is 19.8 Å². The van der Waals surface area contributed by atoms with E-state index < -0.39 is 0 Å². The predicted octanol–water partition coefficient (Wildman–Crippen LogP) is -0.511. The second-order valence-corrected chi connectivity index (χ2v) is 6.29. The molecule has 2 aliphatic heterocycles. The Kier molecular flexibility index (Phi) is 7.82. The van der Waals surface area contributed by atoms with E-state index in [2.05, 4.69) is 47.0 Å². The zero-order valence-corrected chi connectivity index (χ0v) is 14.9. The number of rotatable bonds is 3. The van der Waals surface area contributed by atoms with Crippen LogP contribution < -0.4 is 0 Å². The molecule has 0 aromatic heterocycles. The predicted molar refractivity (Wildman–Crippen MR) is 90.0 cm³/mol. The Balaban J connectivity index is 0.000000220. The van der Waals surface area contributed by atoms with E-state index in [-0.39, 0.29) is 13.2 Å². The van der Waals surface area contributed by atoms with Gasteiger partial charge in [0.15, 0.2) is 0 Å². The van der Waals surface area contributed by atoms with Gasteiger partial charge in [-0.25, -0.2) is 0 Å². The zero-order valence-electron chi connectivity index (χ0n) is 14.9. The summed E-state index contributed by atoms with van der Waals surface area (Å²) in [5.74, 6) is 2.51. The summed E-state index contributed by atoms with van der Waals surface area (Å²) in [6, 6.07) is 0.325. The normalized spacial score (nSPS) is 22.8. The first-order chi connectivity index (χ1) is 10.4. The summed E-state index contributed by atoms with van der Waals surface area (Å²) in [6.07, 6.45) is 3.07. The van der Waals surface area contributed by atoms with Gasteiger partial charge in [0.05, 0.1) is 67.5 Å². The van der Waals surface area contributed by atoms with E-state index in [9.17, 15) is 0 Å². The quantitative estimate of drug-likeness (QED) is 0.689. The van der Waals surface area contributed by atoms with E-state index in [0.29, 0.717) is 6.04 Å². The third kappa shape index (κ3) is 4.95. The fraction of sp³-hybridized carbons (Fsp3) is 0.875. The number of hydrogen-bond donors (Lipinski definition) is 2. The molecule has 2 heterocycles. The molecule has 0 saturated carbocycles. The molecule has 2 aliphatic rings. The molecule has 2 N–H and O–H groups in total. The molecule has 6 heteroatoms. The smallest absolute Gasteiger partial charge is 0.248 e. The van der Waals surface area contributed by atoms with Crippen molar-refractivity contribution in [2.45, 2.75) is 32.2 Å². The van der Waals surface area contributed by atoms with Gasteiger partial charge in [-0.15, -0.1) is 0 Å². The Morgan fingerprint density at radius 2 is 1.82 bits per heavy atom. The van der Waals surface area contributed by atoms with E-state index in [1.54, 1.807) is 0 Å². The van der Waals surface area contributed by atoms with Crippen LogP contribution in [-0.4, -0.2) is 108 Å². The van der Waals surface area contributed by atoms with Crippen molar-refractivity contribution in [3.05, 3.63) is 0 Å². The largest absolute Gasteiger partial charge is 0.396 e. The van der Waals surface area contributed by atoms with Gasteiger partial charge in [-0.05, 0) is 0 Å². The van der Waals surface area contributed by atoms with Crippen LogP contribution >= 0.6 is 0 Å². The SMILES string of the molecule is CC1=[N+](C)CCC(CO)N1C.CN1CCC[N+](C)=C1CCO. The monoisotopic (exact) mass is 314 g/mol. The van der Waals surface area contributed by atoms with Crippen molar-refractivity contribution >= 4 is 11.7 Å². The molecule has 0 aromatic carbocycles. The Bertz CT molecular complexity index is 420. The maximum absolute atomic E-state index is 8.99. The van der Waals surface area contributed by atoms with Crippen molar-refractivity contribution in [3.8, 4) is 0 Å². The van der Waals surface area contributed by atoms with Gasteiger partial charge >= 0.3 is 0 Å². The molecule has 22 heavy (non-hydrogen) atoms. The molecule has 128 valence electrons. The van der Waals surface area contributed by atoms with Gasteiger partial charge in [-0.3, -0.25) is 19.0 Å². The van der Waals surface area contributed by atoms with Gasteiger partial charge in [0.1, 0.15) is 6.04 Å². The van der Waals surface area contributed by atoms with Gasteiger partial charge in [0.2, 0.25) is 11.7 Å². The van der Waals surface area contributed by atoms with Crippen LogP contribution in [0.4, 0.5) is 0 Å². The van der Waals surface area contributed by atoms with Crippen LogP contribution in [0.3, 0.4) is 0 Å². The third-order valence-corrected chi connectivity index (χ3v) is 4.82. The lowest BCUT2D eigenvalue weighted by molar-refractivity contribution is -0.511. The third-order valence-electron chi connectivity index (χ3n) is 4.82. The summed E-state index contributed by atoms with van der Waals surface area (Å²) >= 11 is 0. The molecule has 6 nitrogen and oxygen atoms in total. The second-order valence-electron chi connectivity index (χ2n) is 6.29. The standard InChI is InChI=1S/2C8H17N2O/c1-7-9(2)5-4-8(6-11)10(7)3;1-9-5-3-6-10(2)8(9)4-7-11/h8,11H,4-6H2,1-3H3;11H,3-7H2,1-2H3/q2*+1. The number of nitrogens with zero attached hydrogens (tertiary/aromatic N) is 4. The lowest BCUT2D eigenvalue weighted by Gasteiger charge is -2.27. The van der Waals surface area contributed by atoms with Crippen molar-refractivity contribution in [2.24, 2.45) is 0 Å². The molecular weight excluding hydrogens is 280 g/mol. The van der Waals surface area contributed by atoms with Crippen LogP contribution in [0.25, 0.3) is 0 Å².